The van der Waals surface area contributed by atoms with E-state index in [9.17, 15) is 14.4 Å². The molecule has 174 valence electrons. The van der Waals surface area contributed by atoms with Gasteiger partial charge in [0.25, 0.3) is 11.8 Å². The number of nitrogens with zero attached hydrogens (tertiary/aromatic N) is 2. The van der Waals surface area contributed by atoms with Crippen molar-refractivity contribution in [2.24, 2.45) is 0 Å². The lowest BCUT2D eigenvalue weighted by Crippen LogP contribution is -2.52. The number of urea groups is 1. The highest BCUT2D eigenvalue weighted by Crippen LogP contribution is 2.28. The summed E-state index contributed by atoms with van der Waals surface area (Å²) in [6.07, 6.45) is 1.44. The highest BCUT2D eigenvalue weighted by molar-refractivity contribution is 9.10. The molecule has 0 spiro atoms. The first-order chi connectivity index (χ1) is 15.5. The van der Waals surface area contributed by atoms with E-state index in [1.165, 1.54) is 25.7 Å². The largest absolute Gasteiger partial charge is 0.490 e. The molecule has 0 radical (unpaired) electrons. The number of halogens is 1. The summed E-state index contributed by atoms with van der Waals surface area (Å²) < 4.78 is 12.4. The molecule has 0 N–H and O–H groups in total. The molecule has 1 aliphatic heterocycles. The third-order valence-corrected chi connectivity index (χ3v) is 5.74. The normalized spacial score (nSPS) is 14.6. The standard InChI is InChI=1S/C25H27BrN2O5/c1-25(2,3)17-6-9-19(10-7-17)32-12-13-33-21-11-8-18(26)14-16(21)15-20-22(29)27(4)24(31)28(5)23(20)30/h6-11,14-15H,12-13H2,1-5H3. The molecule has 0 bridgehead atoms. The summed E-state index contributed by atoms with van der Waals surface area (Å²) in [5, 5.41) is 0. The minimum atomic E-state index is -0.666. The Balaban J connectivity index is 1.70. The van der Waals surface area contributed by atoms with E-state index in [2.05, 4.69) is 36.7 Å². The Bertz CT molecular complexity index is 1080. The van der Waals surface area contributed by atoms with E-state index in [4.69, 9.17) is 9.47 Å². The third-order valence-electron chi connectivity index (χ3n) is 5.25. The monoisotopic (exact) mass is 514 g/mol. The molecule has 2 aromatic rings. The number of benzene rings is 2. The SMILES string of the molecule is CN1C(=O)C(=Cc2cc(Br)ccc2OCCOc2ccc(C(C)(C)C)cc2)C(=O)N(C)C1=O. The first-order valence-corrected chi connectivity index (χ1v) is 11.3. The van der Waals surface area contributed by atoms with Gasteiger partial charge in [0.1, 0.15) is 30.3 Å². The van der Waals surface area contributed by atoms with E-state index in [1.54, 1.807) is 18.2 Å². The van der Waals surface area contributed by atoms with Crippen LogP contribution in [0.25, 0.3) is 6.08 Å². The number of carbonyl (C=O) groups is 3. The summed E-state index contributed by atoms with van der Waals surface area (Å²) >= 11 is 3.40. The van der Waals surface area contributed by atoms with E-state index in [0.717, 1.165) is 20.0 Å². The second kappa shape index (κ2) is 9.79. The average Bonchev–Trinajstić information content (AvgIpc) is 2.77. The number of ether oxygens (including phenoxy) is 2. The lowest BCUT2D eigenvalue weighted by atomic mass is 9.87. The Morgan fingerprint density at radius 3 is 2.03 bits per heavy atom. The Hall–Kier alpha value is -3.13. The van der Waals surface area contributed by atoms with Crippen LogP contribution in [-0.4, -0.2) is 55.0 Å². The van der Waals surface area contributed by atoms with Gasteiger partial charge in [0, 0.05) is 24.1 Å². The Morgan fingerprint density at radius 2 is 1.45 bits per heavy atom. The number of hydrogen-bond donors (Lipinski definition) is 0. The highest BCUT2D eigenvalue weighted by Gasteiger charge is 2.37. The fourth-order valence-electron chi connectivity index (χ4n) is 3.26. The van der Waals surface area contributed by atoms with Crippen LogP contribution in [0.15, 0.2) is 52.5 Å². The van der Waals surface area contributed by atoms with Crippen molar-refractivity contribution in [3.8, 4) is 11.5 Å². The molecule has 1 heterocycles. The fourth-order valence-corrected chi connectivity index (χ4v) is 3.64. The maximum atomic E-state index is 12.5. The van der Waals surface area contributed by atoms with Crippen molar-refractivity contribution in [2.75, 3.05) is 27.3 Å². The summed E-state index contributed by atoms with van der Waals surface area (Å²) in [6.45, 7) is 7.05. The van der Waals surface area contributed by atoms with Crippen LogP contribution in [0.5, 0.6) is 11.5 Å². The fraction of sp³-hybridized carbons (Fsp3) is 0.320. The number of hydrogen-bond acceptors (Lipinski definition) is 5. The second-order valence-corrected chi connectivity index (χ2v) is 9.64. The summed E-state index contributed by atoms with van der Waals surface area (Å²) in [5.41, 5.74) is 1.72. The lowest BCUT2D eigenvalue weighted by Gasteiger charge is -2.29. The van der Waals surface area contributed by atoms with Crippen LogP contribution in [-0.2, 0) is 15.0 Å². The smallest absolute Gasteiger partial charge is 0.333 e. The van der Waals surface area contributed by atoms with Crippen LogP contribution in [0.4, 0.5) is 4.79 Å². The second-order valence-electron chi connectivity index (χ2n) is 8.72. The maximum Gasteiger partial charge on any atom is 0.333 e. The number of rotatable bonds is 6. The Labute approximate surface area is 202 Å². The molecule has 2 aromatic carbocycles. The van der Waals surface area contributed by atoms with Gasteiger partial charge in [-0.05, 0) is 47.4 Å². The zero-order valence-corrected chi connectivity index (χ0v) is 20.9. The quantitative estimate of drug-likeness (QED) is 0.319. The van der Waals surface area contributed by atoms with Gasteiger partial charge in [-0.1, -0.05) is 48.8 Å². The molecule has 0 unspecified atom stereocenters. The summed E-state index contributed by atoms with van der Waals surface area (Å²) in [5.74, 6) is -0.0776. The van der Waals surface area contributed by atoms with Gasteiger partial charge in [-0.2, -0.15) is 0 Å². The summed E-state index contributed by atoms with van der Waals surface area (Å²) in [6, 6.07) is 12.6. The van der Waals surface area contributed by atoms with Gasteiger partial charge in [0.15, 0.2) is 0 Å². The van der Waals surface area contributed by atoms with Crippen molar-refractivity contribution in [1.29, 1.82) is 0 Å². The van der Waals surface area contributed by atoms with E-state index in [1.807, 2.05) is 24.3 Å². The third kappa shape index (κ3) is 5.63. The van der Waals surface area contributed by atoms with Crippen molar-refractivity contribution < 1.29 is 23.9 Å². The molecule has 3 rings (SSSR count). The number of carbonyl (C=O) groups excluding carboxylic acids is 3. The predicted molar refractivity (Wildman–Crippen MR) is 129 cm³/mol. The minimum absolute atomic E-state index is 0.0755. The van der Waals surface area contributed by atoms with Crippen molar-refractivity contribution in [3.63, 3.8) is 0 Å². The van der Waals surface area contributed by atoms with Gasteiger partial charge in [-0.3, -0.25) is 19.4 Å². The van der Waals surface area contributed by atoms with E-state index in [0.29, 0.717) is 17.9 Å². The van der Waals surface area contributed by atoms with Gasteiger partial charge >= 0.3 is 6.03 Å². The first kappa shape index (κ1) is 24.5. The van der Waals surface area contributed by atoms with Crippen LogP contribution < -0.4 is 9.47 Å². The number of amides is 4. The van der Waals surface area contributed by atoms with Crippen molar-refractivity contribution >= 4 is 39.9 Å². The van der Waals surface area contributed by atoms with Gasteiger partial charge in [0.05, 0.1) is 0 Å². The van der Waals surface area contributed by atoms with Gasteiger partial charge in [0.2, 0.25) is 0 Å². The molecule has 0 atom stereocenters. The van der Waals surface area contributed by atoms with Crippen LogP contribution in [0.1, 0.15) is 31.9 Å². The lowest BCUT2D eigenvalue weighted by molar-refractivity contribution is -0.134. The van der Waals surface area contributed by atoms with Crippen molar-refractivity contribution in [2.45, 2.75) is 26.2 Å². The number of imide groups is 2. The molecular formula is C25H27BrN2O5. The molecule has 1 saturated heterocycles. The van der Waals surface area contributed by atoms with Gasteiger partial charge < -0.3 is 9.47 Å². The van der Waals surface area contributed by atoms with Gasteiger partial charge in [-0.25, -0.2) is 4.79 Å². The molecule has 0 aromatic heterocycles. The minimum Gasteiger partial charge on any atom is -0.490 e. The van der Waals surface area contributed by atoms with Crippen molar-refractivity contribution in [3.05, 3.63) is 63.6 Å². The molecule has 7 nitrogen and oxygen atoms in total. The molecule has 4 amide bonds. The molecule has 33 heavy (non-hydrogen) atoms. The van der Waals surface area contributed by atoms with Crippen LogP contribution in [0.3, 0.4) is 0 Å². The topological polar surface area (TPSA) is 76.2 Å². The zero-order chi connectivity index (χ0) is 24.3. The molecular weight excluding hydrogens is 488 g/mol. The Morgan fingerprint density at radius 1 is 0.879 bits per heavy atom. The highest BCUT2D eigenvalue weighted by atomic mass is 79.9. The maximum absolute atomic E-state index is 12.5. The zero-order valence-electron chi connectivity index (χ0n) is 19.3. The molecule has 8 heteroatoms. The predicted octanol–water partition coefficient (Wildman–Crippen LogP) is 4.64. The first-order valence-electron chi connectivity index (χ1n) is 10.5. The molecule has 0 saturated carbocycles. The Kier molecular flexibility index (Phi) is 7.27. The van der Waals surface area contributed by atoms with E-state index >= 15 is 0 Å². The number of barbiturate groups is 1. The number of likely N-dealkylation sites (N-methyl/N-ethyl adjacent to an activating group) is 2. The summed E-state index contributed by atoms with van der Waals surface area (Å²) in [7, 11) is 2.68. The van der Waals surface area contributed by atoms with Gasteiger partial charge in [-0.15, -0.1) is 0 Å². The summed E-state index contributed by atoms with van der Waals surface area (Å²) in [4.78, 5) is 38.8. The average molecular weight is 515 g/mol. The molecule has 1 aliphatic rings. The molecule has 1 fully saturated rings. The van der Waals surface area contributed by atoms with Crippen LogP contribution >= 0.6 is 15.9 Å². The molecule has 0 aliphatic carbocycles. The van der Waals surface area contributed by atoms with Crippen LogP contribution in [0, 0.1) is 0 Å². The van der Waals surface area contributed by atoms with E-state index < -0.39 is 17.8 Å². The van der Waals surface area contributed by atoms with Crippen molar-refractivity contribution in [1.82, 2.24) is 9.80 Å². The van der Waals surface area contributed by atoms with Crippen LogP contribution in [0.2, 0.25) is 0 Å². The van der Waals surface area contributed by atoms with E-state index in [-0.39, 0.29) is 17.6 Å².